The number of aromatic nitrogens is 1. The maximum Gasteiger partial charge on any atom is 0.279 e. The highest BCUT2D eigenvalue weighted by atomic mass is 32.2. The molecule has 0 radical (unpaired) electrons. The summed E-state index contributed by atoms with van der Waals surface area (Å²) in [5.74, 6) is 0.271. The molecule has 7 nitrogen and oxygen atoms in total. The molecular formula is C26H27N3O4S2. The molecule has 4 aromatic rings. The summed E-state index contributed by atoms with van der Waals surface area (Å²) in [6, 6.07) is 19.3. The van der Waals surface area contributed by atoms with Gasteiger partial charge >= 0.3 is 0 Å². The molecule has 0 saturated heterocycles. The molecule has 0 unspecified atom stereocenters. The summed E-state index contributed by atoms with van der Waals surface area (Å²) in [5.41, 5.74) is 3.17. The smallest absolute Gasteiger partial charge is 0.279 e. The van der Waals surface area contributed by atoms with Crippen LogP contribution in [0.25, 0.3) is 10.2 Å². The van der Waals surface area contributed by atoms with Gasteiger partial charge in [-0.15, -0.1) is 0 Å². The second kappa shape index (κ2) is 10.2. The normalized spacial score (nSPS) is 12.4. The molecule has 0 N–H and O–H groups in total. The molecule has 1 amide bonds. The lowest BCUT2D eigenvalue weighted by Gasteiger charge is -2.20. The van der Waals surface area contributed by atoms with Crippen molar-refractivity contribution in [3.05, 3.63) is 88.2 Å². The third-order valence-corrected chi connectivity index (χ3v) is 9.02. The van der Waals surface area contributed by atoms with Gasteiger partial charge in [-0.3, -0.25) is 4.79 Å². The van der Waals surface area contributed by atoms with E-state index in [0.29, 0.717) is 22.7 Å². The summed E-state index contributed by atoms with van der Waals surface area (Å²) in [6.07, 6.45) is 0. The molecule has 0 aliphatic heterocycles. The number of ether oxygens (including phenoxy) is 1. The van der Waals surface area contributed by atoms with E-state index in [4.69, 9.17) is 4.74 Å². The Hall–Kier alpha value is -3.27. The molecule has 3 aromatic carbocycles. The van der Waals surface area contributed by atoms with Crippen LogP contribution in [0.15, 0.2) is 76.6 Å². The quantitative estimate of drug-likeness (QED) is 0.367. The van der Waals surface area contributed by atoms with Gasteiger partial charge in [0.15, 0.2) is 4.80 Å². The van der Waals surface area contributed by atoms with Crippen LogP contribution < -0.4 is 9.54 Å². The molecule has 0 fully saturated rings. The Morgan fingerprint density at radius 1 is 1.06 bits per heavy atom. The Kier molecular flexibility index (Phi) is 7.20. The van der Waals surface area contributed by atoms with Gasteiger partial charge in [-0.25, -0.2) is 8.42 Å². The van der Waals surface area contributed by atoms with Crippen molar-refractivity contribution in [3.63, 3.8) is 0 Å². The van der Waals surface area contributed by atoms with Crippen LogP contribution in [0.1, 0.15) is 28.4 Å². The first-order valence-corrected chi connectivity index (χ1v) is 13.4. The van der Waals surface area contributed by atoms with Crippen LogP contribution in [-0.4, -0.2) is 36.9 Å². The molecule has 0 spiro atoms. The highest BCUT2D eigenvalue weighted by Gasteiger charge is 2.23. The number of benzene rings is 3. The first kappa shape index (κ1) is 24.8. The molecule has 0 aliphatic rings. The first-order valence-electron chi connectivity index (χ1n) is 11.1. The van der Waals surface area contributed by atoms with Crippen molar-refractivity contribution in [1.29, 1.82) is 0 Å². The fourth-order valence-corrected chi connectivity index (χ4v) is 6.38. The molecule has 4 rings (SSSR count). The van der Waals surface area contributed by atoms with E-state index in [2.05, 4.69) is 4.99 Å². The highest BCUT2D eigenvalue weighted by molar-refractivity contribution is 7.89. The summed E-state index contributed by atoms with van der Waals surface area (Å²) in [7, 11) is -0.260. The van der Waals surface area contributed by atoms with E-state index in [1.807, 2.05) is 61.0 Å². The molecule has 9 heteroatoms. The van der Waals surface area contributed by atoms with Crippen LogP contribution >= 0.6 is 11.3 Å². The van der Waals surface area contributed by atoms with E-state index in [0.717, 1.165) is 21.3 Å². The fraction of sp³-hybridized carbons (Fsp3) is 0.231. The largest absolute Gasteiger partial charge is 0.495 e. The summed E-state index contributed by atoms with van der Waals surface area (Å²) >= 11 is 1.41. The number of thiazole rings is 1. The number of hydrogen-bond donors (Lipinski definition) is 0. The van der Waals surface area contributed by atoms with Gasteiger partial charge in [0.25, 0.3) is 5.91 Å². The van der Waals surface area contributed by atoms with E-state index in [-0.39, 0.29) is 11.4 Å². The topological polar surface area (TPSA) is 81.0 Å². The van der Waals surface area contributed by atoms with Crippen molar-refractivity contribution in [2.75, 3.05) is 13.7 Å². The number of rotatable bonds is 7. The SMILES string of the molecule is CCN(Cc1ccccc1)S(=O)(=O)c1ccc(C(=O)N=c2sc3c(C)ccc(OC)c3n2C)cc1. The van der Waals surface area contributed by atoms with Gasteiger partial charge in [-0.2, -0.15) is 9.30 Å². The Balaban J connectivity index is 1.62. The molecule has 1 aromatic heterocycles. The minimum Gasteiger partial charge on any atom is -0.495 e. The van der Waals surface area contributed by atoms with Crippen LogP contribution in [0.5, 0.6) is 5.75 Å². The Labute approximate surface area is 209 Å². The van der Waals surface area contributed by atoms with Gasteiger partial charge in [0.1, 0.15) is 11.3 Å². The maximum absolute atomic E-state index is 13.2. The van der Waals surface area contributed by atoms with Gasteiger partial charge in [-0.05, 0) is 48.4 Å². The van der Waals surface area contributed by atoms with Gasteiger partial charge in [0.2, 0.25) is 10.0 Å². The standard InChI is InChI=1S/C26H27N3O4S2/c1-5-29(17-19-9-7-6-8-10-19)35(31,32)21-14-12-20(13-15-21)25(30)27-26-28(3)23-22(33-4)16-11-18(2)24(23)34-26/h6-16H,5,17H2,1-4H3. The van der Waals surface area contributed by atoms with Crippen LogP contribution in [0, 0.1) is 6.92 Å². The number of aryl methyl sites for hydroxylation is 2. The van der Waals surface area contributed by atoms with Gasteiger partial charge in [0, 0.05) is 25.7 Å². The molecule has 0 saturated carbocycles. The average Bonchev–Trinajstić information content (AvgIpc) is 3.20. The van der Waals surface area contributed by atoms with Crippen LogP contribution in [-0.2, 0) is 23.6 Å². The molecule has 35 heavy (non-hydrogen) atoms. The second-order valence-corrected chi connectivity index (χ2v) is 11.0. The van der Waals surface area contributed by atoms with Gasteiger partial charge in [0.05, 0.1) is 16.7 Å². The van der Waals surface area contributed by atoms with E-state index in [1.54, 1.807) is 14.0 Å². The Bertz CT molecular complexity index is 1540. The van der Waals surface area contributed by atoms with Crippen LogP contribution in [0.4, 0.5) is 0 Å². The summed E-state index contributed by atoms with van der Waals surface area (Å²) in [4.78, 5) is 17.9. The number of carbonyl (C=O) groups is 1. The Morgan fingerprint density at radius 2 is 1.74 bits per heavy atom. The summed E-state index contributed by atoms with van der Waals surface area (Å²) in [6.45, 7) is 4.42. The number of sulfonamides is 1. The van der Waals surface area contributed by atoms with Crippen molar-refractivity contribution < 1.29 is 17.9 Å². The molecule has 0 bridgehead atoms. The zero-order valence-corrected chi connectivity index (χ0v) is 21.7. The number of nitrogens with zero attached hydrogens (tertiary/aromatic N) is 3. The first-order chi connectivity index (χ1) is 16.8. The summed E-state index contributed by atoms with van der Waals surface area (Å²) in [5, 5.41) is 0. The lowest BCUT2D eigenvalue weighted by atomic mass is 10.2. The van der Waals surface area contributed by atoms with E-state index < -0.39 is 15.9 Å². The molecule has 182 valence electrons. The average molecular weight is 510 g/mol. The monoisotopic (exact) mass is 509 g/mol. The van der Waals surface area contributed by atoms with E-state index in [1.165, 1.54) is 39.9 Å². The fourth-order valence-electron chi connectivity index (χ4n) is 3.84. The van der Waals surface area contributed by atoms with E-state index in [9.17, 15) is 13.2 Å². The van der Waals surface area contributed by atoms with Crippen LogP contribution in [0.2, 0.25) is 0 Å². The van der Waals surface area contributed by atoms with Crippen molar-refractivity contribution in [2.45, 2.75) is 25.3 Å². The lowest BCUT2D eigenvalue weighted by Crippen LogP contribution is -2.30. The zero-order valence-electron chi connectivity index (χ0n) is 20.1. The molecular weight excluding hydrogens is 482 g/mol. The number of fused-ring (bicyclic) bond motifs is 1. The third kappa shape index (κ3) is 4.93. The van der Waals surface area contributed by atoms with Crippen molar-refractivity contribution in [2.24, 2.45) is 12.0 Å². The Morgan fingerprint density at radius 3 is 2.37 bits per heavy atom. The molecule has 0 aliphatic carbocycles. The molecule has 1 heterocycles. The highest BCUT2D eigenvalue weighted by Crippen LogP contribution is 2.29. The number of methoxy groups -OCH3 is 1. The lowest BCUT2D eigenvalue weighted by molar-refractivity contribution is 0.0998. The van der Waals surface area contributed by atoms with Crippen molar-refractivity contribution >= 4 is 37.5 Å². The van der Waals surface area contributed by atoms with Gasteiger partial charge < -0.3 is 9.30 Å². The van der Waals surface area contributed by atoms with Crippen molar-refractivity contribution in [1.82, 2.24) is 8.87 Å². The maximum atomic E-state index is 13.2. The number of carbonyl (C=O) groups excluding carboxylic acids is 1. The number of hydrogen-bond acceptors (Lipinski definition) is 5. The minimum absolute atomic E-state index is 0.139. The molecule has 0 atom stereocenters. The zero-order chi connectivity index (χ0) is 25.2. The summed E-state index contributed by atoms with van der Waals surface area (Å²) < 4.78 is 36.1. The van der Waals surface area contributed by atoms with Crippen molar-refractivity contribution in [3.8, 4) is 5.75 Å². The second-order valence-electron chi connectivity index (χ2n) is 8.06. The van der Waals surface area contributed by atoms with Crippen LogP contribution in [0.3, 0.4) is 0 Å². The van der Waals surface area contributed by atoms with Gasteiger partial charge in [-0.1, -0.05) is 54.7 Å². The third-order valence-electron chi connectivity index (χ3n) is 5.82. The minimum atomic E-state index is -3.71. The predicted octanol–water partition coefficient (Wildman–Crippen LogP) is 4.51. The number of amides is 1. The predicted molar refractivity (Wildman–Crippen MR) is 138 cm³/mol. The van der Waals surface area contributed by atoms with E-state index >= 15 is 0 Å².